The first kappa shape index (κ1) is 9.92. The average molecular weight is 196 g/mol. The largest absolute Gasteiger partial charge is 0.264 e. The molecular weight excluding hydrogens is 183 g/mol. The van der Waals surface area contributed by atoms with E-state index in [1.54, 1.807) is 0 Å². The van der Waals surface area contributed by atoms with Gasteiger partial charge in [0.05, 0.1) is 6.26 Å². The van der Waals surface area contributed by atoms with E-state index < -0.39 is 22.4 Å². The smallest absolute Gasteiger partial charge is 0.264 e. The zero-order chi connectivity index (χ0) is 9.19. The molecule has 1 fully saturated rings. The number of halogens is 1. The molecule has 1 saturated carbocycles. The van der Waals surface area contributed by atoms with Crippen LogP contribution in [0, 0.1) is 0 Å². The van der Waals surface area contributed by atoms with E-state index in [1.165, 1.54) is 0 Å². The first-order valence-electron chi connectivity index (χ1n) is 4.01. The summed E-state index contributed by atoms with van der Waals surface area (Å²) in [4.78, 5) is 0. The Labute approximate surface area is 72.0 Å². The van der Waals surface area contributed by atoms with Gasteiger partial charge in [0.2, 0.25) is 0 Å². The molecule has 5 heteroatoms. The van der Waals surface area contributed by atoms with Crippen molar-refractivity contribution in [2.24, 2.45) is 0 Å². The minimum Gasteiger partial charge on any atom is -0.264 e. The number of alkyl halides is 1. The maximum Gasteiger partial charge on any atom is 0.264 e. The van der Waals surface area contributed by atoms with Gasteiger partial charge in [0, 0.05) is 0 Å². The zero-order valence-corrected chi connectivity index (χ0v) is 7.81. The Kier molecular flexibility index (Phi) is 3.06. The fourth-order valence-electron chi connectivity index (χ4n) is 1.38. The molecule has 0 bridgehead atoms. The quantitative estimate of drug-likeness (QED) is 0.624. The summed E-state index contributed by atoms with van der Waals surface area (Å²) in [5.41, 5.74) is 0. The monoisotopic (exact) mass is 196 g/mol. The van der Waals surface area contributed by atoms with E-state index in [-0.39, 0.29) is 0 Å². The lowest BCUT2D eigenvalue weighted by molar-refractivity contribution is 0.0697. The Morgan fingerprint density at radius 3 is 2.42 bits per heavy atom. The summed E-state index contributed by atoms with van der Waals surface area (Å²) in [6.07, 6.45) is 1.69. The Hall–Kier alpha value is -0.160. The van der Waals surface area contributed by atoms with E-state index in [2.05, 4.69) is 4.18 Å². The van der Waals surface area contributed by atoms with Crippen molar-refractivity contribution in [3.8, 4) is 0 Å². The third-order valence-corrected chi connectivity index (χ3v) is 2.52. The van der Waals surface area contributed by atoms with Crippen LogP contribution in [0.15, 0.2) is 0 Å². The molecule has 1 aliphatic rings. The van der Waals surface area contributed by atoms with Crippen LogP contribution in [0.25, 0.3) is 0 Å². The SMILES string of the molecule is CS(=O)(=O)OC1CCCCC1F. The van der Waals surface area contributed by atoms with Gasteiger partial charge in [-0.25, -0.2) is 4.39 Å². The molecule has 0 amide bonds. The third-order valence-electron chi connectivity index (χ3n) is 1.92. The molecule has 0 aromatic carbocycles. The van der Waals surface area contributed by atoms with Crippen molar-refractivity contribution in [3.05, 3.63) is 0 Å². The van der Waals surface area contributed by atoms with E-state index in [0.717, 1.165) is 19.1 Å². The van der Waals surface area contributed by atoms with Crippen LogP contribution >= 0.6 is 0 Å². The lowest BCUT2D eigenvalue weighted by Crippen LogP contribution is -2.30. The topological polar surface area (TPSA) is 43.4 Å². The van der Waals surface area contributed by atoms with Gasteiger partial charge in [-0.15, -0.1) is 0 Å². The second-order valence-electron chi connectivity index (χ2n) is 3.14. The minimum absolute atomic E-state index is 0.417. The van der Waals surface area contributed by atoms with Crippen molar-refractivity contribution in [3.63, 3.8) is 0 Å². The van der Waals surface area contributed by atoms with Crippen molar-refractivity contribution in [2.75, 3.05) is 6.26 Å². The lowest BCUT2D eigenvalue weighted by Gasteiger charge is -2.24. The zero-order valence-electron chi connectivity index (χ0n) is 6.99. The Morgan fingerprint density at radius 2 is 1.92 bits per heavy atom. The van der Waals surface area contributed by atoms with Crippen LogP contribution < -0.4 is 0 Å². The fourth-order valence-corrected chi connectivity index (χ4v) is 2.05. The molecule has 3 nitrogen and oxygen atoms in total. The normalized spacial score (nSPS) is 31.8. The van der Waals surface area contributed by atoms with Gasteiger partial charge in [0.15, 0.2) is 0 Å². The van der Waals surface area contributed by atoms with Crippen LogP contribution in [0.1, 0.15) is 25.7 Å². The van der Waals surface area contributed by atoms with Crippen molar-refractivity contribution in [1.82, 2.24) is 0 Å². The highest BCUT2D eigenvalue weighted by atomic mass is 32.2. The van der Waals surface area contributed by atoms with Crippen molar-refractivity contribution in [1.29, 1.82) is 0 Å². The Bertz CT molecular complexity index is 237. The molecule has 12 heavy (non-hydrogen) atoms. The lowest BCUT2D eigenvalue weighted by atomic mass is 9.96. The first-order valence-corrected chi connectivity index (χ1v) is 5.83. The van der Waals surface area contributed by atoms with Crippen LogP contribution in [0.2, 0.25) is 0 Å². The second kappa shape index (κ2) is 3.70. The van der Waals surface area contributed by atoms with Crippen LogP contribution in [-0.2, 0) is 14.3 Å². The predicted molar refractivity (Wildman–Crippen MR) is 43.1 cm³/mol. The molecule has 2 unspecified atom stereocenters. The van der Waals surface area contributed by atoms with Crippen molar-refractivity contribution < 1.29 is 17.0 Å². The molecule has 0 N–H and O–H groups in total. The van der Waals surface area contributed by atoms with E-state index in [4.69, 9.17) is 0 Å². The maximum atomic E-state index is 13.0. The highest BCUT2D eigenvalue weighted by molar-refractivity contribution is 7.86. The predicted octanol–water partition coefficient (Wildman–Crippen LogP) is 1.24. The Balaban J connectivity index is 2.50. The summed E-state index contributed by atoms with van der Waals surface area (Å²) in [5.74, 6) is 0. The standard InChI is InChI=1S/C7H13FO3S/c1-12(9,10)11-7-5-3-2-4-6(7)8/h6-7H,2-5H2,1H3. The fraction of sp³-hybridized carbons (Fsp3) is 1.00. The molecule has 0 aromatic rings. The molecule has 0 aliphatic heterocycles. The summed E-state index contributed by atoms with van der Waals surface area (Å²) in [6, 6.07) is 0. The summed E-state index contributed by atoms with van der Waals surface area (Å²) in [7, 11) is -3.50. The van der Waals surface area contributed by atoms with Crippen LogP contribution in [0.3, 0.4) is 0 Å². The third kappa shape index (κ3) is 3.06. The highest BCUT2D eigenvalue weighted by Gasteiger charge is 2.28. The summed E-state index contributed by atoms with van der Waals surface area (Å²) < 4.78 is 38.9. The second-order valence-corrected chi connectivity index (χ2v) is 4.74. The molecule has 0 radical (unpaired) electrons. The molecule has 1 aliphatic carbocycles. The Morgan fingerprint density at radius 1 is 1.33 bits per heavy atom. The molecule has 0 heterocycles. The molecule has 1 rings (SSSR count). The van der Waals surface area contributed by atoms with Crippen LogP contribution in [0.4, 0.5) is 4.39 Å². The van der Waals surface area contributed by atoms with Gasteiger partial charge < -0.3 is 0 Å². The molecule has 0 saturated heterocycles. The van der Waals surface area contributed by atoms with Crippen LogP contribution in [0.5, 0.6) is 0 Å². The summed E-state index contributed by atoms with van der Waals surface area (Å²) >= 11 is 0. The molecular formula is C7H13FO3S. The summed E-state index contributed by atoms with van der Waals surface area (Å²) in [5, 5.41) is 0. The van der Waals surface area contributed by atoms with Gasteiger partial charge in [0.25, 0.3) is 10.1 Å². The van der Waals surface area contributed by atoms with Gasteiger partial charge in [0.1, 0.15) is 12.3 Å². The first-order chi connectivity index (χ1) is 5.49. The van der Waals surface area contributed by atoms with Gasteiger partial charge in [-0.1, -0.05) is 12.8 Å². The molecule has 0 aromatic heterocycles. The average Bonchev–Trinajstić information content (AvgIpc) is 1.91. The van der Waals surface area contributed by atoms with Gasteiger partial charge >= 0.3 is 0 Å². The van der Waals surface area contributed by atoms with E-state index in [9.17, 15) is 12.8 Å². The maximum absolute atomic E-state index is 13.0. The van der Waals surface area contributed by atoms with Gasteiger partial charge in [-0.3, -0.25) is 4.18 Å². The van der Waals surface area contributed by atoms with Crippen molar-refractivity contribution >= 4 is 10.1 Å². The minimum atomic E-state index is -3.50. The molecule has 72 valence electrons. The van der Waals surface area contributed by atoms with E-state index in [0.29, 0.717) is 12.8 Å². The molecule has 2 atom stereocenters. The summed E-state index contributed by atoms with van der Waals surface area (Å²) in [6.45, 7) is 0. The van der Waals surface area contributed by atoms with Crippen LogP contribution in [-0.4, -0.2) is 26.9 Å². The number of hydrogen-bond donors (Lipinski definition) is 0. The van der Waals surface area contributed by atoms with Crippen molar-refractivity contribution in [2.45, 2.75) is 38.0 Å². The molecule has 0 spiro atoms. The number of hydrogen-bond acceptors (Lipinski definition) is 3. The van der Waals surface area contributed by atoms with E-state index in [1.807, 2.05) is 0 Å². The van der Waals surface area contributed by atoms with E-state index >= 15 is 0 Å². The van der Waals surface area contributed by atoms with Gasteiger partial charge in [-0.2, -0.15) is 8.42 Å². The highest BCUT2D eigenvalue weighted by Crippen LogP contribution is 2.24. The van der Waals surface area contributed by atoms with Gasteiger partial charge in [-0.05, 0) is 12.8 Å². The number of rotatable bonds is 2.